The molecule has 286 valence electrons. The lowest BCUT2D eigenvalue weighted by molar-refractivity contribution is -0.141. The average Bonchev–Trinajstić information content (AvgIpc) is 3.78. The second-order valence-corrected chi connectivity index (χ2v) is 16.3. The summed E-state index contributed by atoms with van der Waals surface area (Å²) >= 11 is 0. The fourth-order valence-corrected chi connectivity index (χ4v) is 7.86. The van der Waals surface area contributed by atoms with Gasteiger partial charge in [0.15, 0.2) is 5.82 Å². The number of nitrogens with one attached hydrogen (secondary N) is 3. The molecule has 1 aromatic carbocycles. The lowest BCUT2D eigenvalue weighted by Crippen LogP contribution is -2.58. The van der Waals surface area contributed by atoms with Gasteiger partial charge in [-0.2, -0.15) is 0 Å². The van der Waals surface area contributed by atoms with Gasteiger partial charge in [-0.05, 0) is 58.1 Å². The highest BCUT2D eigenvalue weighted by atomic mass is 32.2. The van der Waals surface area contributed by atoms with Gasteiger partial charge in [-0.3, -0.25) is 28.9 Å². The van der Waals surface area contributed by atoms with Crippen LogP contribution in [0.25, 0.3) is 11.0 Å². The van der Waals surface area contributed by atoms with Crippen molar-refractivity contribution < 1.29 is 36.7 Å². The second kappa shape index (κ2) is 16.0. The fraction of sp³-hybridized carbons (Fsp3) is 0.459. The van der Waals surface area contributed by atoms with Crippen molar-refractivity contribution in [3.05, 3.63) is 78.8 Å². The number of para-hydroxylation sites is 1. The molecule has 2 aromatic heterocycles. The predicted octanol–water partition coefficient (Wildman–Crippen LogP) is 2.82. The summed E-state index contributed by atoms with van der Waals surface area (Å²) in [5, 5.41) is 5.48. The van der Waals surface area contributed by atoms with Gasteiger partial charge in [0.25, 0.3) is 11.8 Å². The summed E-state index contributed by atoms with van der Waals surface area (Å²) in [6.07, 6.45) is 11.7. The van der Waals surface area contributed by atoms with E-state index >= 15 is 0 Å². The summed E-state index contributed by atoms with van der Waals surface area (Å²) in [6.45, 7) is 6.89. The van der Waals surface area contributed by atoms with Crippen molar-refractivity contribution in [1.29, 1.82) is 0 Å². The molecule has 54 heavy (non-hydrogen) atoms. The van der Waals surface area contributed by atoms with Crippen LogP contribution in [0.4, 0.5) is 4.39 Å². The number of aromatic nitrogens is 4. The smallest absolute Gasteiger partial charge is 0.272 e. The molecule has 17 heteroatoms. The third kappa shape index (κ3) is 8.40. The maximum Gasteiger partial charge on any atom is 0.272 e. The van der Waals surface area contributed by atoms with Crippen LogP contribution in [0.1, 0.15) is 74.5 Å². The van der Waals surface area contributed by atoms with Crippen LogP contribution in [0.15, 0.2) is 61.6 Å². The number of fused-ring (bicyclic) bond motifs is 2. The lowest BCUT2D eigenvalue weighted by atomic mass is 9.97. The van der Waals surface area contributed by atoms with E-state index in [4.69, 9.17) is 4.74 Å². The zero-order chi connectivity index (χ0) is 38.6. The first-order valence-electron chi connectivity index (χ1n) is 17.9. The number of aryl methyl sites for hydroxylation is 1. The highest BCUT2D eigenvalue weighted by Crippen LogP contribution is 2.42. The van der Waals surface area contributed by atoms with E-state index in [1.54, 1.807) is 26.0 Å². The van der Waals surface area contributed by atoms with E-state index in [0.29, 0.717) is 49.7 Å². The van der Waals surface area contributed by atoms with E-state index in [2.05, 4.69) is 41.9 Å². The van der Waals surface area contributed by atoms with Crippen LogP contribution in [-0.2, 0) is 24.4 Å². The Bertz CT molecular complexity index is 2080. The van der Waals surface area contributed by atoms with Crippen LogP contribution in [-0.4, -0.2) is 92.4 Å². The molecule has 1 aliphatic carbocycles. The van der Waals surface area contributed by atoms with Crippen LogP contribution in [0.5, 0.6) is 5.88 Å². The molecule has 1 saturated heterocycles. The van der Waals surface area contributed by atoms with Gasteiger partial charge in [0.1, 0.15) is 41.1 Å². The van der Waals surface area contributed by atoms with Crippen molar-refractivity contribution in [2.75, 3.05) is 6.54 Å². The Labute approximate surface area is 312 Å². The molecule has 2 fully saturated rings. The summed E-state index contributed by atoms with van der Waals surface area (Å²) in [4.78, 5) is 73.8. The topological polar surface area (TPSA) is 203 Å². The minimum Gasteiger partial charge on any atom is -0.471 e. The third-order valence-corrected chi connectivity index (χ3v) is 12.3. The number of hydrogen-bond acceptors (Lipinski definition) is 11. The summed E-state index contributed by atoms with van der Waals surface area (Å²) in [5.74, 6) is -4.31. The van der Waals surface area contributed by atoms with Gasteiger partial charge in [-0.1, -0.05) is 37.1 Å². The maximum absolute atomic E-state index is 14.7. The number of amides is 4. The van der Waals surface area contributed by atoms with Crippen molar-refractivity contribution in [3.8, 4) is 5.88 Å². The van der Waals surface area contributed by atoms with E-state index in [9.17, 15) is 32.0 Å². The molecule has 3 N–H and O–H groups in total. The molecular weight excluding hydrogens is 720 g/mol. The number of benzene rings is 1. The van der Waals surface area contributed by atoms with Crippen LogP contribution in [0.3, 0.4) is 0 Å². The van der Waals surface area contributed by atoms with E-state index in [0.717, 1.165) is 0 Å². The summed E-state index contributed by atoms with van der Waals surface area (Å²) in [7, 11) is -4.07. The number of nitrogens with zero attached hydrogens (tertiary/aromatic N) is 5. The minimum absolute atomic E-state index is 0.000157. The summed E-state index contributed by atoms with van der Waals surface area (Å²) < 4.78 is 48.2. The van der Waals surface area contributed by atoms with Gasteiger partial charge in [0, 0.05) is 24.7 Å². The molecule has 0 bridgehead atoms. The molecule has 6 rings (SSSR count). The number of carbonyl (C=O) groups excluding carboxylic acids is 4. The van der Waals surface area contributed by atoms with Crippen LogP contribution >= 0.6 is 0 Å². The largest absolute Gasteiger partial charge is 0.471 e. The highest BCUT2D eigenvalue weighted by Gasteiger charge is 2.52. The van der Waals surface area contributed by atoms with Crippen LogP contribution < -0.4 is 20.1 Å². The first-order chi connectivity index (χ1) is 25.8. The fourth-order valence-electron chi connectivity index (χ4n) is 6.58. The van der Waals surface area contributed by atoms with Gasteiger partial charge in [-0.25, -0.2) is 27.8 Å². The third-order valence-electron chi connectivity index (χ3n) is 10.1. The Morgan fingerprint density at radius 1 is 1.15 bits per heavy atom. The maximum atomic E-state index is 14.7. The van der Waals surface area contributed by atoms with Gasteiger partial charge in [0.05, 0.1) is 23.0 Å². The molecule has 3 aromatic rings. The number of halogens is 1. The van der Waals surface area contributed by atoms with Crippen molar-refractivity contribution in [2.24, 2.45) is 5.92 Å². The van der Waals surface area contributed by atoms with Gasteiger partial charge < -0.3 is 20.3 Å². The molecule has 5 atom stereocenters. The van der Waals surface area contributed by atoms with E-state index in [1.165, 1.54) is 41.7 Å². The normalized spacial score (nSPS) is 25.3. The van der Waals surface area contributed by atoms with E-state index in [1.807, 2.05) is 6.08 Å². The number of ether oxygens (including phenoxy) is 1. The monoisotopic (exact) mass is 762 g/mol. The number of rotatable bonds is 8. The minimum atomic E-state index is -4.07. The quantitative estimate of drug-likeness (QED) is 0.285. The number of sulfonamides is 1. The standard InChI is InChI=1S/C37H43FN8O7S/c1-4-23-11-8-6-5-7-9-13-27(42-32(47)28-20-39-17-18-40-28)36(50)46-21-24(53-35-22(2)41-26-14-10-12-25(38)31(26)44-35)19-29(46)33(48)43-30(23)34(49)45-54(51,52)37(3)15-16-37/h4,8,10-12,14,17-18,20,23-24,27,29-30H,1,5-7,9,13,15-16,19,21H2,2-3H3,(H,42,47)(H,43,48)(H,45,49)/b11-8-/t23?,24-,27+,29+,30-/m1/s1. The molecular formula is C37H43FN8O7S. The molecule has 4 heterocycles. The van der Waals surface area contributed by atoms with Gasteiger partial charge >= 0.3 is 0 Å². The Balaban J connectivity index is 1.33. The molecule has 1 unspecified atom stereocenters. The number of hydrogen-bond donors (Lipinski definition) is 3. The Morgan fingerprint density at radius 3 is 2.67 bits per heavy atom. The Kier molecular flexibility index (Phi) is 11.4. The molecule has 1 saturated carbocycles. The van der Waals surface area contributed by atoms with E-state index in [-0.39, 0.29) is 36.5 Å². The number of carbonyl (C=O) groups is 4. The first-order valence-corrected chi connectivity index (χ1v) is 19.4. The Hall–Kier alpha value is -5.32. The van der Waals surface area contributed by atoms with Crippen molar-refractivity contribution in [1.82, 2.24) is 40.2 Å². The number of allylic oxidation sites excluding steroid dienone is 1. The highest BCUT2D eigenvalue weighted by molar-refractivity contribution is 7.91. The second-order valence-electron chi connectivity index (χ2n) is 14.1. The van der Waals surface area contributed by atoms with Crippen molar-refractivity contribution in [3.63, 3.8) is 0 Å². The van der Waals surface area contributed by atoms with Crippen LogP contribution in [0.2, 0.25) is 0 Å². The molecule has 2 aliphatic heterocycles. The lowest BCUT2D eigenvalue weighted by Gasteiger charge is -2.30. The van der Waals surface area contributed by atoms with Crippen LogP contribution in [0, 0.1) is 18.7 Å². The van der Waals surface area contributed by atoms with Crippen molar-refractivity contribution >= 4 is 44.7 Å². The molecule has 3 aliphatic rings. The van der Waals surface area contributed by atoms with E-state index < -0.39 is 74.4 Å². The zero-order valence-corrected chi connectivity index (χ0v) is 30.9. The van der Waals surface area contributed by atoms with Gasteiger partial charge in [0.2, 0.25) is 27.7 Å². The Morgan fingerprint density at radius 2 is 1.94 bits per heavy atom. The average molecular weight is 763 g/mol. The molecule has 4 amide bonds. The SMILES string of the molecule is C=CC1/C=C\CCCCC[C@H](NC(=O)c2cnccn2)C(=O)N2C[C@H](Oc3nc4c(F)cccc4nc3C)C[C@H]2C(=O)N[C@H]1C(=O)NS(=O)(=O)C1(C)CC1. The first kappa shape index (κ1) is 38.4. The summed E-state index contributed by atoms with van der Waals surface area (Å²) in [6, 6.07) is 0.650. The molecule has 15 nitrogen and oxygen atoms in total. The van der Waals surface area contributed by atoms with Gasteiger partial charge in [-0.15, -0.1) is 6.58 Å². The predicted molar refractivity (Wildman–Crippen MR) is 195 cm³/mol. The zero-order valence-electron chi connectivity index (χ0n) is 30.0. The van der Waals surface area contributed by atoms with Crippen molar-refractivity contribution in [2.45, 2.75) is 94.2 Å². The molecule has 0 radical (unpaired) electrons. The summed E-state index contributed by atoms with van der Waals surface area (Å²) in [5.41, 5.74) is 0.660. The molecule has 0 spiro atoms.